The summed E-state index contributed by atoms with van der Waals surface area (Å²) < 4.78 is 0. The van der Waals surface area contributed by atoms with Crippen molar-refractivity contribution in [1.29, 1.82) is 0 Å². The molecular formula is C20H25N3O4. The number of imide groups is 2. The largest absolute Gasteiger partial charge is 0.317 e. The molecular weight excluding hydrogens is 346 g/mol. The lowest BCUT2D eigenvalue weighted by Crippen LogP contribution is -2.52. The smallest absolute Gasteiger partial charge is 0.262 e. The van der Waals surface area contributed by atoms with E-state index in [1.54, 1.807) is 24.3 Å². The molecule has 27 heavy (non-hydrogen) atoms. The second kappa shape index (κ2) is 8.00. The Hall–Kier alpha value is -2.54. The van der Waals surface area contributed by atoms with E-state index < -0.39 is 23.8 Å². The summed E-state index contributed by atoms with van der Waals surface area (Å²) in [6.07, 6.45) is 1.64. The van der Waals surface area contributed by atoms with Crippen molar-refractivity contribution in [3.8, 4) is 0 Å². The second-order valence-electron chi connectivity index (χ2n) is 7.55. The first-order valence-corrected chi connectivity index (χ1v) is 9.42. The van der Waals surface area contributed by atoms with Crippen molar-refractivity contribution < 1.29 is 19.2 Å². The highest BCUT2D eigenvalue weighted by Crippen LogP contribution is 2.27. The van der Waals surface area contributed by atoms with Crippen molar-refractivity contribution in [1.82, 2.24) is 15.5 Å². The Bertz CT molecular complexity index is 733. The van der Waals surface area contributed by atoms with Crippen LogP contribution in [0.15, 0.2) is 24.3 Å². The Morgan fingerprint density at radius 2 is 1.67 bits per heavy atom. The van der Waals surface area contributed by atoms with Gasteiger partial charge in [-0.25, -0.2) is 0 Å². The fourth-order valence-corrected chi connectivity index (χ4v) is 3.66. The van der Waals surface area contributed by atoms with Crippen LogP contribution in [0.1, 0.15) is 53.8 Å². The summed E-state index contributed by atoms with van der Waals surface area (Å²) in [7, 11) is 0. The molecule has 2 aliphatic rings. The lowest BCUT2D eigenvalue weighted by Gasteiger charge is -2.28. The highest BCUT2D eigenvalue weighted by atomic mass is 16.2. The van der Waals surface area contributed by atoms with Crippen molar-refractivity contribution in [2.45, 2.75) is 39.2 Å². The number of piperidine rings is 1. The van der Waals surface area contributed by atoms with Crippen molar-refractivity contribution in [3.05, 3.63) is 35.4 Å². The van der Waals surface area contributed by atoms with Gasteiger partial charge in [0.15, 0.2) is 0 Å². The zero-order valence-electron chi connectivity index (χ0n) is 15.7. The molecule has 1 fully saturated rings. The van der Waals surface area contributed by atoms with Crippen LogP contribution in [0.25, 0.3) is 0 Å². The summed E-state index contributed by atoms with van der Waals surface area (Å²) in [5.41, 5.74) is 0.600. The molecule has 1 atom stereocenters. The molecule has 7 heteroatoms. The number of nitrogens with zero attached hydrogens (tertiary/aromatic N) is 1. The molecule has 1 aromatic carbocycles. The number of carbonyl (C=O) groups is 4. The third-order valence-electron chi connectivity index (χ3n) is 5.09. The Morgan fingerprint density at radius 3 is 2.19 bits per heavy atom. The van der Waals surface area contributed by atoms with Crippen LogP contribution in [-0.2, 0) is 9.59 Å². The molecule has 144 valence electrons. The van der Waals surface area contributed by atoms with Crippen LogP contribution in [0.3, 0.4) is 0 Å². The highest BCUT2D eigenvalue weighted by molar-refractivity contribution is 6.23. The molecule has 0 aliphatic carbocycles. The van der Waals surface area contributed by atoms with E-state index in [1.807, 2.05) is 13.8 Å². The number of hydrogen-bond donors (Lipinski definition) is 2. The van der Waals surface area contributed by atoms with Crippen LogP contribution in [0, 0.1) is 11.8 Å². The van der Waals surface area contributed by atoms with Gasteiger partial charge in [0.05, 0.1) is 11.1 Å². The maximum absolute atomic E-state index is 12.9. The molecule has 0 spiro atoms. The summed E-state index contributed by atoms with van der Waals surface area (Å²) in [4.78, 5) is 51.8. The number of rotatable bonds is 5. The molecule has 2 aliphatic heterocycles. The second-order valence-corrected chi connectivity index (χ2v) is 7.55. The van der Waals surface area contributed by atoms with Crippen LogP contribution >= 0.6 is 0 Å². The number of carbonyl (C=O) groups excluding carboxylic acids is 4. The monoisotopic (exact) mass is 371 g/mol. The average molecular weight is 371 g/mol. The van der Waals surface area contributed by atoms with E-state index in [0.717, 1.165) is 18.0 Å². The van der Waals surface area contributed by atoms with E-state index in [0.29, 0.717) is 30.4 Å². The van der Waals surface area contributed by atoms with Gasteiger partial charge in [-0.15, -0.1) is 0 Å². The minimum Gasteiger partial charge on any atom is -0.317 e. The summed E-state index contributed by atoms with van der Waals surface area (Å²) >= 11 is 0. The van der Waals surface area contributed by atoms with Crippen LogP contribution in [0.2, 0.25) is 0 Å². The average Bonchev–Trinajstić information content (AvgIpc) is 2.91. The lowest BCUT2D eigenvalue weighted by atomic mass is 9.96. The van der Waals surface area contributed by atoms with Gasteiger partial charge < -0.3 is 5.32 Å². The van der Waals surface area contributed by atoms with Crippen LogP contribution < -0.4 is 10.6 Å². The molecule has 2 N–H and O–H groups in total. The van der Waals surface area contributed by atoms with Gasteiger partial charge in [-0.2, -0.15) is 0 Å². The SMILES string of the molecule is CC(C)CC(C(=O)NC(=O)C1CCNCC1)N1C(=O)c2ccccc2C1=O. The normalized spacial score (nSPS) is 18.6. The predicted molar refractivity (Wildman–Crippen MR) is 98.9 cm³/mol. The number of nitrogens with one attached hydrogen (secondary N) is 2. The molecule has 3 rings (SSSR count). The third-order valence-corrected chi connectivity index (χ3v) is 5.09. The number of amides is 4. The van der Waals surface area contributed by atoms with Gasteiger partial charge in [0.1, 0.15) is 6.04 Å². The maximum atomic E-state index is 12.9. The van der Waals surface area contributed by atoms with Gasteiger partial charge in [-0.3, -0.25) is 29.4 Å². The van der Waals surface area contributed by atoms with Crippen molar-refractivity contribution in [2.24, 2.45) is 11.8 Å². The summed E-state index contributed by atoms with van der Waals surface area (Å²) in [5.74, 6) is -2.03. The highest BCUT2D eigenvalue weighted by Gasteiger charge is 2.43. The Kier molecular flexibility index (Phi) is 5.70. The predicted octanol–water partition coefficient (Wildman–Crippen LogP) is 1.34. The quantitative estimate of drug-likeness (QED) is 0.762. The van der Waals surface area contributed by atoms with Gasteiger partial charge in [-0.1, -0.05) is 26.0 Å². The molecule has 2 heterocycles. The summed E-state index contributed by atoms with van der Waals surface area (Å²) in [5, 5.41) is 5.62. The minimum atomic E-state index is -0.997. The molecule has 1 aromatic rings. The maximum Gasteiger partial charge on any atom is 0.262 e. The molecule has 0 bridgehead atoms. The van der Waals surface area contributed by atoms with Gasteiger partial charge in [0.2, 0.25) is 11.8 Å². The Labute approximate surface area is 158 Å². The van der Waals surface area contributed by atoms with Crippen LogP contribution in [-0.4, -0.2) is 47.7 Å². The Balaban J connectivity index is 1.80. The van der Waals surface area contributed by atoms with Gasteiger partial charge in [0, 0.05) is 5.92 Å². The van der Waals surface area contributed by atoms with E-state index in [2.05, 4.69) is 10.6 Å². The number of fused-ring (bicyclic) bond motifs is 1. The van der Waals surface area contributed by atoms with E-state index in [4.69, 9.17) is 0 Å². The van der Waals surface area contributed by atoms with Crippen LogP contribution in [0.4, 0.5) is 0 Å². The zero-order valence-corrected chi connectivity index (χ0v) is 15.7. The standard InChI is InChI=1S/C20H25N3O4/c1-12(2)11-16(18(25)22-17(24)13-7-9-21-10-8-13)23-19(26)14-5-3-4-6-15(14)20(23)27/h3-6,12-13,16,21H,7-11H2,1-2H3,(H,22,24,25). The van der Waals surface area contributed by atoms with E-state index in [1.165, 1.54) is 0 Å². The third kappa shape index (κ3) is 3.93. The fraction of sp³-hybridized carbons (Fsp3) is 0.500. The molecule has 1 saturated heterocycles. The van der Waals surface area contributed by atoms with Crippen LogP contribution in [0.5, 0.6) is 0 Å². The zero-order chi connectivity index (χ0) is 19.6. The molecule has 0 aromatic heterocycles. The Morgan fingerprint density at radius 1 is 1.11 bits per heavy atom. The molecule has 4 amide bonds. The van der Waals surface area contributed by atoms with Crippen molar-refractivity contribution in [2.75, 3.05) is 13.1 Å². The van der Waals surface area contributed by atoms with Crippen molar-refractivity contribution >= 4 is 23.6 Å². The summed E-state index contributed by atoms with van der Waals surface area (Å²) in [6, 6.07) is 5.54. The fourth-order valence-electron chi connectivity index (χ4n) is 3.66. The number of benzene rings is 1. The first-order valence-electron chi connectivity index (χ1n) is 9.42. The topological polar surface area (TPSA) is 95.6 Å². The van der Waals surface area contributed by atoms with Crippen molar-refractivity contribution in [3.63, 3.8) is 0 Å². The first-order chi connectivity index (χ1) is 12.9. The summed E-state index contributed by atoms with van der Waals surface area (Å²) in [6.45, 7) is 5.29. The molecule has 1 unspecified atom stereocenters. The molecule has 0 saturated carbocycles. The van der Waals surface area contributed by atoms with E-state index >= 15 is 0 Å². The van der Waals surface area contributed by atoms with E-state index in [-0.39, 0.29) is 17.7 Å². The van der Waals surface area contributed by atoms with Gasteiger partial charge in [-0.05, 0) is 50.4 Å². The van der Waals surface area contributed by atoms with Gasteiger partial charge in [0.25, 0.3) is 11.8 Å². The number of hydrogen-bond acceptors (Lipinski definition) is 5. The van der Waals surface area contributed by atoms with E-state index in [9.17, 15) is 19.2 Å². The molecule has 0 radical (unpaired) electrons. The minimum absolute atomic E-state index is 0.0686. The van der Waals surface area contributed by atoms with Gasteiger partial charge >= 0.3 is 0 Å². The molecule has 7 nitrogen and oxygen atoms in total. The lowest BCUT2D eigenvalue weighted by molar-refractivity contribution is -0.135. The first kappa shape index (κ1) is 19.2.